The van der Waals surface area contributed by atoms with E-state index in [-0.39, 0.29) is 0 Å². The van der Waals surface area contributed by atoms with Crippen LogP contribution in [-0.4, -0.2) is 23.2 Å². The Bertz CT molecular complexity index is 392. The Morgan fingerprint density at radius 2 is 2.11 bits per heavy atom. The molecule has 98 valence electrons. The number of pyridine rings is 1. The van der Waals surface area contributed by atoms with E-state index in [1.54, 1.807) is 13.1 Å². The zero-order valence-corrected chi connectivity index (χ0v) is 11.3. The number of aromatic nitrogens is 1. The van der Waals surface area contributed by atoms with E-state index in [1.165, 1.54) is 0 Å². The summed E-state index contributed by atoms with van der Waals surface area (Å²) < 4.78 is 0. The van der Waals surface area contributed by atoms with Crippen LogP contribution < -0.4 is 4.90 Å². The van der Waals surface area contributed by atoms with Crippen molar-refractivity contribution in [1.29, 1.82) is 5.26 Å². The number of anilines is 1. The van der Waals surface area contributed by atoms with Crippen LogP contribution in [0.3, 0.4) is 0 Å². The van der Waals surface area contributed by atoms with Gasteiger partial charge in [-0.3, -0.25) is 0 Å². The first-order valence-corrected chi connectivity index (χ1v) is 6.30. The van der Waals surface area contributed by atoms with E-state index in [9.17, 15) is 5.11 Å². The average molecular weight is 247 g/mol. The molecule has 0 bridgehead atoms. The molecule has 1 atom stereocenters. The Morgan fingerprint density at radius 3 is 2.56 bits per heavy atom. The highest BCUT2D eigenvalue weighted by molar-refractivity contribution is 5.39. The largest absolute Gasteiger partial charge is 0.389 e. The molecule has 0 unspecified atom stereocenters. The van der Waals surface area contributed by atoms with E-state index in [1.807, 2.05) is 12.1 Å². The molecule has 1 aromatic rings. The fourth-order valence-corrected chi connectivity index (χ4v) is 1.76. The fourth-order valence-electron chi connectivity index (χ4n) is 1.76. The molecule has 0 radical (unpaired) electrons. The summed E-state index contributed by atoms with van der Waals surface area (Å²) in [6, 6.07) is 5.95. The van der Waals surface area contributed by atoms with Gasteiger partial charge in [-0.25, -0.2) is 4.98 Å². The summed E-state index contributed by atoms with van der Waals surface area (Å²) in [4.78, 5) is 6.47. The van der Waals surface area contributed by atoms with E-state index in [0.717, 1.165) is 17.9 Å². The first-order chi connectivity index (χ1) is 8.54. The second-order valence-electron chi connectivity index (χ2n) is 4.87. The Morgan fingerprint density at radius 1 is 1.39 bits per heavy atom. The van der Waals surface area contributed by atoms with Gasteiger partial charge in [0, 0.05) is 19.3 Å². The van der Waals surface area contributed by atoms with Crippen molar-refractivity contribution >= 4 is 5.82 Å². The molecule has 0 spiro atoms. The smallest absolute Gasteiger partial charge is 0.128 e. The Kier molecular flexibility index (Phi) is 5.60. The number of nitrogens with zero attached hydrogens (tertiary/aromatic N) is 3. The van der Waals surface area contributed by atoms with Crippen LogP contribution in [0.4, 0.5) is 5.82 Å². The third-order valence-electron chi connectivity index (χ3n) is 2.66. The van der Waals surface area contributed by atoms with E-state index in [4.69, 9.17) is 5.26 Å². The summed E-state index contributed by atoms with van der Waals surface area (Å²) in [5, 5.41) is 18.1. The number of hydrogen-bond acceptors (Lipinski definition) is 4. The fraction of sp³-hybridized carbons (Fsp3) is 0.571. The molecule has 0 saturated heterocycles. The Labute approximate surface area is 109 Å². The Balaban J connectivity index is 2.81. The van der Waals surface area contributed by atoms with Gasteiger partial charge in [-0.1, -0.05) is 19.9 Å². The molecule has 18 heavy (non-hydrogen) atoms. The SMILES string of the molecule is CC(C)CN(CCC#N)c1ccc([C@@H](C)O)cn1. The predicted octanol–water partition coefficient (Wildman–Crippen LogP) is 2.51. The summed E-state index contributed by atoms with van der Waals surface area (Å²) in [6.45, 7) is 7.57. The van der Waals surface area contributed by atoms with Gasteiger partial charge in [0.1, 0.15) is 5.82 Å². The van der Waals surface area contributed by atoms with Crippen LogP contribution >= 0.6 is 0 Å². The predicted molar refractivity (Wildman–Crippen MR) is 72.2 cm³/mol. The maximum absolute atomic E-state index is 9.44. The molecule has 0 saturated carbocycles. The van der Waals surface area contributed by atoms with Crippen molar-refractivity contribution < 1.29 is 5.11 Å². The van der Waals surface area contributed by atoms with Gasteiger partial charge in [0.2, 0.25) is 0 Å². The minimum absolute atomic E-state index is 0.493. The van der Waals surface area contributed by atoms with E-state index >= 15 is 0 Å². The van der Waals surface area contributed by atoms with Crippen LogP contribution in [0.1, 0.15) is 38.9 Å². The highest BCUT2D eigenvalue weighted by Gasteiger charge is 2.10. The molecule has 1 heterocycles. The minimum Gasteiger partial charge on any atom is -0.389 e. The number of aliphatic hydroxyl groups excluding tert-OH is 1. The van der Waals surface area contributed by atoms with Crippen LogP contribution in [-0.2, 0) is 0 Å². The molecule has 1 rings (SSSR count). The normalized spacial score (nSPS) is 12.2. The summed E-state index contributed by atoms with van der Waals surface area (Å²) in [5.41, 5.74) is 0.809. The molecule has 4 heteroatoms. The lowest BCUT2D eigenvalue weighted by atomic mass is 10.1. The molecule has 4 nitrogen and oxygen atoms in total. The third kappa shape index (κ3) is 4.34. The van der Waals surface area contributed by atoms with E-state index < -0.39 is 6.10 Å². The van der Waals surface area contributed by atoms with Gasteiger partial charge in [0.25, 0.3) is 0 Å². The highest BCUT2D eigenvalue weighted by atomic mass is 16.3. The molecule has 0 aliphatic rings. The number of rotatable bonds is 6. The summed E-state index contributed by atoms with van der Waals surface area (Å²) in [6.07, 6.45) is 1.69. The van der Waals surface area contributed by atoms with Crippen molar-refractivity contribution in [2.75, 3.05) is 18.0 Å². The van der Waals surface area contributed by atoms with Gasteiger partial charge in [-0.2, -0.15) is 5.26 Å². The van der Waals surface area contributed by atoms with Crippen molar-refractivity contribution in [2.45, 2.75) is 33.3 Å². The number of hydrogen-bond donors (Lipinski definition) is 1. The van der Waals surface area contributed by atoms with Crippen molar-refractivity contribution in [3.05, 3.63) is 23.9 Å². The van der Waals surface area contributed by atoms with Gasteiger partial charge in [0.05, 0.1) is 18.6 Å². The minimum atomic E-state index is -0.496. The second kappa shape index (κ2) is 6.97. The first kappa shape index (κ1) is 14.5. The van der Waals surface area contributed by atoms with Gasteiger partial charge < -0.3 is 10.0 Å². The van der Waals surface area contributed by atoms with E-state index in [2.05, 4.69) is 29.8 Å². The summed E-state index contributed by atoms with van der Waals surface area (Å²) >= 11 is 0. The van der Waals surface area contributed by atoms with Gasteiger partial charge in [-0.15, -0.1) is 0 Å². The Hall–Kier alpha value is -1.60. The van der Waals surface area contributed by atoms with Crippen LogP contribution in [0, 0.1) is 17.2 Å². The zero-order valence-electron chi connectivity index (χ0n) is 11.3. The lowest BCUT2D eigenvalue weighted by Crippen LogP contribution is -2.29. The van der Waals surface area contributed by atoms with Crippen LogP contribution in [0.5, 0.6) is 0 Å². The lowest BCUT2D eigenvalue weighted by molar-refractivity contribution is 0.199. The molecule has 0 fully saturated rings. The topological polar surface area (TPSA) is 60.2 Å². The standard InChI is InChI=1S/C14H21N3O/c1-11(2)10-17(8-4-7-15)14-6-5-13(9-16-14)12(3)18/h5-6,9,11-12,18H,4,8,10H2,1-3H3/t12-/m1/s1. The summed E-state index contributed by atoms with van der Waals surface area (Å²) in [5.74, 6) is 1.38. The molecule has 0 aliphatic heterocycles. The molecular weight excluding hydrogens is 226 g/mol. The quantitative estimate of drug-likeness (QED) is 0.839. The second-order valence-corrected chi connectivity index (χ2v) is 4.87. The van der Waals surface area contributed by atoms with Crippen molar-refractivity contribution in [3.63, 3.8) is 0 Å². The van der Waals surface area contributed by atoms with Gasteiger partial charge in [0.15, 0.2) is 0 Å². The monoisotopic (exact) mass is 247 g/mol. The first-order valence-electron chi connectivity index (χ1n) is 6.30. The molecule has 0 aliphatic carbocycles. The van der Waals surface area contributed by atoms with Crippen molar-refractivity contribution in [3.8, 4) is 6.07 Å². The number of aliphatic hydroxyl groups is 1. The third-order valence-corrected chi connectivity index (χ3v) is 2.66. The van der Waals surface area contributed by atoms with Gasteiger partial charge >= 0.3 is 0 Å². The van der Waals surface area contributed by atoms with Crippen LogP contribution in [0.25, 0.3) is 0 Å². The maximum Gasteiger partial charge on any atom is 0.128 e. The summed E-state index contributed by atoms with van der Waals surface area (Å²) in [7, 11) is 0. The molecule has 1 aromatic heterocycles. The van der Waals surface area contributed by atoms with E-state index in [0.29, 0.717) is 18.9 Å². The zero-order chi connectivity index (χ0) is 13.5. The van der Waals surface area contributed by atoms with Crippen LogP contribution in [0.15, 0.2) is 18.3 Å². The van der Waals surface area contributed by atoms with Crippen molar-refractivity contribution in [1.82, 2.24) is 4.98 Å². The van der Waals surface area contributed by atoms with Crippen molar-refractivity contribution in [2.24, 2.45) is 5.92 Å². The molecular formula is C14H21N3O. The van der Waals surface area contributed by atoms with Crippen LogP contribution in [0.2, 0.25) is 0 Å². The highest BCUT2D eigenvalue weighted by Crippen LogP contribution is 2.17. The average Bonchev–Trinajstić information content (AvgIpc) is 2.34. The lowest BCUT2D eigenvalue weighted by Gasteiger charge is -2.24. The maximum atomic E-state index is 9.44. The molecule has 1 N–H and O–H groups in total. The number of nitriles is 1. The molecule has 0 amide bonds. The van der Waals surface area contributed by atoms with Gasteiger partial charge in [-0.05, 0) is 24.5 Å². The molecule has 0 aromatic carbocycles.